The molecule has 0 fully saturated rings. The van der Waals surface area contributed by atoms with Gasteiger partial charge in [0.25, 0.3) is 0 Å². The van der Waals surface area contributed by atoms with Gasteiger partial charge in [-0.05, 0) is 12.8 Å². The van der Waals surface area contributed by atoms with Crippen molar-refractivity contribution < 1.29 is 9.90 Å². The van der Waals surface area contributed by atoms with E-state index in [-0.39, 0.29) is 11.1 Å². The molecule has 1 aliphatic carbocycles. The number of carbonyl (C=O) groups is 1. The summed E-state index contributed by atoms with van der Waals surface area (Å²) in [5, 5.41) is 20.8. The SMILES string of the molecule is Cn1nc(C(C)(C)C)c2c1CCc1c-2n[nH]c1C(=O)O. The molecule has 2 N–H and O–H groups in total. The van der Waals surface area contributed by atoms with Crippen LogP contribution in [-0.2, 0) is 25.3 Å². The number of carboxylic acid groups (broad SMARTS) is 1. The molecule has 1 aliphatic rings. The molecule has 0 aromatic carbocycles. The van der Waals surface area contributed by atoms with E-state index in [4.69, 9.17) is 0 Å². The van der Waals surface area contributed by atoms with Crippen LogP contribution in [0, 0.1) is 0 Å². The normalized spacial score (nSPS) is 14.0. The average molecular weight is 274 g/mol. The van der Waals surface area contributed by atoms with Gasteiger partial charge in [0.1, 0.15) is 5.69 Å². The second kappa shape index (κ2) is 3.94. The number of carboxylic acids is 1. The lowest BCUT2D eigenvalue weighted by molar-refractivity contribution is 0.0689. The highest BCUT2D eigenvalue weighted by atomic mass is 16.4. The summed E-state index contributed by atoms with van der Waals surface area (Å²) in [5.74, 6) is -0.955. The van der Waals surface area contributed by atoms with Crippen LogP contribution in [0.2, 0.25) is 0 Å². The fourth-order valence-corrected chi connectivity index (χ4v) is 2.86. The number of rotatable bonds is 1. The molecule has 0 saturated carbocycles. The summed E-state index contributed by atoms with van der Waals surface area (Å²) in [6, 6.07) is 0. The molecule has 0 bridgehead atoms. The third kappa shape index (κ3) is 1.67. The zero-order valence-corrected chi connectivity index (χ0v) is 12.1. The van der Waals surface area contributed by atoms with Gasteiger partial charge in [0, 0.05) is 29.3 Å². The molecule has 0 radical (unpaired) electrons. The van der Waals surface area contributed by atoms with Crippen molar-refractivity contribution in [1.82, 2.24) is 20.0 Å². The van der Waals surface area contributed by atoms with Crippen LogP contribution in [-0.4, -0.2) is 31.1 Å². The molecule has 6 heteroatoms. The molecule has 2 aromatic rings. The van der Waals surface area contributed by atoms with Crippen molar-refractivity contribution in [3.8, 4) is 11.3 Å². The van der Waals surface area contributed by atoms with Crippen LogP contribution >= 0.6 is 0 Å². The first-order valence-electron chi connectivity index (χ1n) is 6.68. The maximum atomic E-state index is 11.2. The lowest BCUT2D eigenvalue weighted by Gasteiger charge is -2.19. The van der Waals surface area contributed by atoms with E-state index in [1.807, 2.05) is 11.7 Å². The number of aryl methyl sites for hydroxylation is 1. The molecule has 3 rings (SSSR count). The van der Waals surface area contributed by atoms with Crippen LogP contribution in [0.3, 0.4) is 0 Å². The molecule has 2 aromatic heterocycles. The van der Waals surface area contributed by atoms with Gasteiger partial charge < -0.3 is 5.11 Å². The number of hydrogen-bond donors (Lipinski definition) is 2. The Bertz CT molecular complexity index is 704. The van der Waals surface area contributed by atoms with E-state index in [2.05, 4.69) is 36.1 Å². The number of H-pyrrole nitrogens is 1. The molecule has 0 saturated heterocycles. The predicted molar refractivity (Wildman–Crippen MR) is 73.9 cm³/mol. The van der Waals surface area contributed by atoms with Gasteiger partial charge in [-0.3, -0.25) is 9.78 Å². The average Bonchev–Trinajstić information content (AvgIpc) is 2.89. The van der Waals surface area contributed by atoms with Gasteiger partial charge in [-0.2, -0.15) is 10.2 Å². The van der Waals surface area contributed by atoms with Gasteiger partial charge in [-0.25, -0.2) is 4.79 Å². The van der Waals surface area contributed by atoms with Crippen LogP contribution in [0.5, 0.6) is 0 Å². The summed E-state index contributed by atoms with van der Waals surface area (Å²) < 4.78 is 1.90. The second-order valence-electron chi connectivity index (χ2n) is 6.27. The number of aromatic amines is 1. The van der Waals surface area contributed by atoms with Crippen molar-refractivity contribution in [2.24, 2.45) is 7.05 Å². The number of fused-ring (bicyclic) bond motifs is 3. The smallest absolute Gasteiger partial charge is 0.354 e. The predicted octanol–water partition coefficient (Wildman–Crippen LogP) is 1.90. The minimum absolute atomic E-state index is 0.109. The molecule has 0 spiro atoms. The largest absolute Gasteiger partial charge is 0.477 e. The fraction of sp³-hybridized carbons (Fsp3) is 0.500. The number of hydrogen-bond acceptors (Lipinski definition) is 3. The Labute approximate surface area is 116 Å². The van der Waals surface area contributed by atoms with Gasteiger partial charge in [0.15, 0.2) is 0 Å². The Kier molecular flexibility index (Phi) is 2.54. The van der Waals surface area contributed by atoms with E-state index < -0.39 is 5.97 Å². The number of nitrogens with one attached hydrogen (secondary N) is 1. The van der Waals surface area contributed by atoms with Crippen molar-refractivity contribution in [1.29, 1.82) is 0 Å². The zero-order valence-electron chi connectivity index (χ0n) is 12.1. The van der Waals surface area contributed by atoms with E-state index in [1.165, 1.54) is 0 Å². The first kappa shape index (κ1) is 12.9. The maximum Gasteiger partial charge on any atom is 0.354 e. The third-order valence-corrected chi connectivity index (χ3v) is 3.81. The standard InChI is InChI=1S/C14H18N4O2/c1-14(2,3)12-9-8(18(4)17-12)6-5-7-10(9)15-16-11(7)13(19)20/h5-6H2,1-4H3,(H,15,16)(H,19,20). The van der Waals surface area contributed by atoms with E-state index in [0.717, 1.165) is 34.6 Å². The molecule has 6 nitrogen and oxygen atoms in total. The lowest BCUT2D eigenvalue weighted by atomic mass is 9.83. The van der Waals surface area contributed by atoms with Crippen LogP contribution in [0.15, 0.2) is 0 Å². The van der Waals surface area contributed by atoms with Crippen molar-refractivity contribution in [3.05, 3.63) is 22.6 Å². The van der Waals surface area contributed by atoms with Crippen LogP contribution in [0.25, 0.3) is 11.3 Å². The Morgan fingerprint density at radius 2 is 2.05 bits per heavy atom. The molecule has 0 atom stereocenters. The van der Waals surface area contributed by atoms with Crippen molar-refractivity contribution in [3.63, 3.8) is 0 Å². The summed E-state index contributed by atoms with van der Waals surface area (Å²) in [6.45, 7) is 6.32. The Morgan fingerprint density at radius 1 is 1.35 bits per heavy atom. The van der Waals surface area contributed by atoms with Crippen molar-refractivity contribution in [2.75, 3.05) is 0 Å². The Hall–Kier alpha value is -2.11. The molecule has 106 valence electrons. The first-order chi connectivity index (χ1) is 9.30. The van der Waals surface area contributed by atoms with Crippen LogP contribution in [0.4, 0.5) is 0 Å². The Morgan fingerprint density at radius 3 is 2.65 bits per heavy atom. The van der Waals surface area contributed by atoms with E-state index in [0.29, 0.717) is 6.42 Å². The van der Waals surface area contributed by atoms with Crippen molar-refractivity contribution in [2.45, 2.75) is 39.0 Å². The lowest BCUT2D eigenvalue weighted by Crippen LogP contribution is -2.15. The summed E-state index contributed by atoms with van der Waals surface area (Å²) >= 11 is 0. The highest BCUT2D eigenvalue weighted by molar-refractivity contribution is 5.90. The van der Waals surface area contributed by atoms with E-state index in [9.17, 15) is 9.90 Å². The summed E-state index contributed by atoms with van der Waals surface area (Å²) in [6.07, 6.45) is 1.48. The summed E-state index contributed by atoms with van der Waals surface area (Å²) in [4.78, 5) is 11.2. The molecule has 2 heterocycles. The Balaban J connectivity index is 2.28. The highest BCUT2D eigenvalue weighted by Crippen LogP contribution is 2.40. The molecular formula is C14H18N4O2. The monoisotopic (exact) mass is 274 g/mol. The van der Waals surface area contributed by atoms with Gasteiger partial charge >= 0.3 is 5.97 Å². The molecule has 0 amide bonds. The third-order valence-electron chi connectivity index (χ3n) is 3.81. The first-order valence-corrected chi connectivity index (χ1v) is 6.68. The topological polar surface area (TPSA) is 83.8 Å². The molecule has 0 aliphatic heterocycles. The minimum Gasteiger partial charge on any atom is -0.477 e. The minimum atomic E-state index is -0.955. The zero-order chi connectivity index (χ0) is 14.7. The van der Waals surface area contributed by atoms with Gasteiger partial charge in [0.2, 0.25) is 0 Å². The van der Waals surface area contributed by atoms with Crippen molar-refractivity contribution >= 4 is 5.97 Å². The number of nitrogens with zero attached hydrogens (tertiary/aromatic N) is 3. The second-order valence-corrected chi connectivity index (χ2v) is 6.27. The number of aromatic nitrogens is 4. The fourth-order valence-electron chi connectivity index (χ4n) is 2.86. The van der Waals surface area contributed by atoms with Gasteiger partial charge in [-0.15, -0.1) is 0 Å². The summed E-state index contributed by atoms with van der Waals surface area (Å²) in [7, 11) is 1.93. The number of aromatic carboxylic acids is 1. The van der Waals surface area contributed by atoms with E-state index in [1.54, 1.807) is 0 Å². The summed E-state index contributed by atoms with van der Waals surface area (Å²) in [5.41, 5.74) is 4.75. The van der Waals surface area contributed by atoms with Crippen LogP contribution < -0.4 is 0 Å². The highest BCUT2D eigenvalue weighted by Gasteiger charge is 2.33. The van der Waals surface area contributed by atoms with Crippen LogP contribution in [0.1, 0.15) is 48.2 Å². The molecule has 0 unspecified atom stereocenters. The quantitative estimate of drug-likeness (QED) is 0.832. The van der Waals surface area contributed by atoms with Gasteiger partial charge in [-0.1, -0.05) is 20.8 Å². The van der Waals surface area contributed by atoms with Gasteiger partial charge in [0.05, 0.1) is 11.4 Å². The maximum absolute atomic E-state index is 11.2. The molecular weight excluding hydrogens is 256 g/mol. The van der Waals surface area contributed by atoms with E-state index >= 15 is 0 Å². The molecule has 20 heavy (non-hydrogen) atoms.